The molecular weight excluding hydrogens is 480 g/mol. The summed E-state index contributed by atoms with van der Waals surface area (Å²) >= 11 is 0. The number of alkyl halides is 6. The largest absolute Gasteiger partial charge is 0.469 e. The molecule has 0 radical (unpaired) electrons. The van der Waals surface area contributed by atoms with Crippen LogP contribution >= 0.6 is 0 Å². The SMILES string of the molecule is COC(=O)CCn1ncc2c1CCC[C@H]2NS(=O)(=O)c1cc(C(F)(F)F)cc(C(F)(F)F)c1. The van der Waals surface area contributed by atoms with Gasteiger partial charge in [-0.25, -0.2) is 13.1 Å². The van der Waals surface area contributed by atoms with Crippen molar-refractivity contribution < 1.29 is 44.3 Å². The van der Waals surface area contributed by atoms with Crippen molar-refractivity contribution in [1.82, 2.24) is 14.5 Å². The third-order valence-corrected chi connectivity index (χ3v) is 6.64. The molecule has 0 unspecified atom stereocenters. The van der Waals surface area contributed by atoms with Crippen molar-refractivity contribution in [3.8, 4) is 0 Å². The van der Waals surface area contributed by atoms with E-state index in [1.807, 2.05) is 0 Å². The Labute approximate surface area is 184 Å². The molecule has 1 N–H and O–H groups in total. The molecule has 182 valence electrons. The molecule has 1 aliphatic rings. The molecule has 0 saturated heterocycles. The van der Waals surface area contributed by atoms with Crippen LogP contribution in [0.3, 0.4) is 0 Å². The molecule has 0 aliphatic heterocycles. The topological polar surface area (TPSA) is 90.3 Å². The maximum atomic E-state index is 13.1. The molecule has 2 aromatic rings. The molecule has 1 aromatic heterocycles. The predicted octanol–water partition coefficient (Wildman–Crippen LogP) is 3.84. The molecule has 0 saturated carbocycles. The number of fused-ring (bicyclic) bond motifs is 1. The second kappa shape index (κ2) is 8.97. The molecule has 0 amide bonds. The van der Waals surface area contributed by atoms with Crippen LogP contribution in [0.25, 0.3) is 0 Å². The van der Waals surface area contributed by atoms with E-state index in [9.17, 15) is 39.6 Å². The summed E-state index contributed by atoms with van der Waals surface area (Å²) in [6, 6.07) is -0.708. The average molecular weight is 499 g/mol. The molecule has 0 spiro atoms. The van der Waals surface area contributed by atoms with Gasteiger partial charge in [0.1, 0.15) is 0 Å². The number of hydrogen-bond donors (Lipinski definition) is 1. The van der Waals surface area contributed by atoms with Crippen LogP contribution in [-0.2, 0) is 44.9 Å². The second-order valence-electron chi connectivity index (χ2n) is 7.40. The van der Waals surface area contributed by atoms with Gasteiger partial charge < -0.3 is 4.74 Å². The third kappa shape index (κ3) is 5.66. The normalized spacial score (nSPS) is 17.0. The first-order chi connectivity index (χ1) is 15.2. The number of halogens is 6. The first kappa shape index (κ1) is 25.0. The second-order valence-corrected chi connectivity index (χ2v) is 9.12. The molecule has 1 atom stereocenters. The Balaban J connectivity index is 1.92. The Morgan fingerprint density at radius 2 is 1.76 bits per heavy atom. The number of rotatable bonds is 6. The van der Waals surface area contributed by atoms with Crippen LogP contribution in [0.4, 0.5) is 26.3 Å². The average Bonchev–Trinajstić information content (AvgIpc) is 3.14. The third-order valence-electron chi connectivity index (χ3n) is 5.19. The number of carbonyl (C=O) groups is 1. The van der Waals surface area contributed by atoms with Gasteiger partial charge in [0.2, 0.25) is 10.0 Å². The van der Waals surface area contributed by atoms with Crippen molar-refractivity contribution in [2.75, 3.05) is 7.11 Å². The highest BCUT2D eigenvalue weighted by atomic mass is 32.2. The summed E-state index contributed by atoms with van der Waals surface area (Å²) in [6.07, 6.45) is -7.70. The van der Waals surface area contributed by atoms with Gasteiger partial charge in [-0.15, -0.1) is 0 Å². The zero-order valence-electron chi connectivity index (χ0n) is 17.1. The Morgan fingerprint density at radius 3 is 2.30 bits per heavy atom. The van der Waals surface area contributed by atoms with Gasteiger partial charge >= 0.3 is 18.3 Å². The lowest BCUT2D eigenvalue weighted by atomic mass is 9.94. The highest BCUT2D eigenvalue weighted by molar-refractivity contribution is 7.89. The summed E-state index contributed by atoms with van der Waals surface area (Å²) in [4.78, 5) is 10.2. The van der Waals surface area contributed by atoms with Gasteiger partial charge in [-0.1, -0.05) is 0 Å². The first-order valence-corrected chi connectivity index (χ1v) is 11.1. The molecule has 0 bridgehead atoms. The smallest absolute Gasteiger partial charge is 0.416 e. The highest BCUT2D eigenvalue weighted by Crippen LogP contribution is 2.38. The van der Waals surface area contributed by atoms with Crippen LogP contribution in [0.2, 0.25) is 0 Å². The van der Waals surface area contributed by atoms with Crippen LogP contribution in [0.5, 0.6) is 0 Å². The minimum Gasteiger partial charge on any atom is -0.469 e. The number of ether oxygens (including phenoxy) is 1. The Bertz CT molecular complexity index is 1110. The number of aryl methyl sites for hydroxylation is 1. The maximum absolute atomic E-state index is 13.1. The van der Waals surface area contributed by atoms with Crippen LogP contribution < -0.4 is 4.72 Å². The number of aromatic nitrogens is 2. The lowest BCUT2D eigenvalue weighted by Gasteiger charge is -2.24. The van der Waals surface area contributed by atoms with Crippen molar-refractivity contribution in [3.05, 3.63) is 46.8 Å². The fourth-order valence-electron chi connectivity index (χ4n) is 3.57. The monoisotopic (exact) mass is 499 g/mol. The van der Waals surface area contributed by atoms with Gasteiger partial charge in [0.15, 0.2) is 0 Å². The predicted molar refractivity (Wildman–Crippen MR) is 101 cm³/mol. The standard InChI is InChI=1S/C19H19F6N3O4S/c1-32-17(29)5-6-28-16-4-2-3-15(14(16)10-26-28)27-33(30,31)13-8-11(18(20,21)22)7-12(9-13)19(23,24)25/h7-10,15,27H,2-6H2,1H3/t15-/m1/s1. The van der Waals surface area contributed by atoms with Gasteiger partial charge in [-0.3, -0.25) is 9.48 Å². The lowest BCUT2D eigenvalue weighted by molar-refractivity contribution is -0.143. The Hall–Kier alpha value is -2.61. The Morgan fingerprint density at radius 1 is 1.15 bits per heavy atom. The number of hydrogen-bond acceptors (Lipinski definition) is 5. The van der Waals surface area contributed by atoms with Crippen LogP contribution in [0.15, 0.2) is 29.3 Å². The summed E-state index contributed by atoms with van der Waals surface area (Å²) < 4.78 is 113. The van der Waals surface area contributed by atoms with Gasteiger partial charge in [0, 0.05) is 11.3 Å². The van der Waals surface area contributed by atoms with Gasteiger partial charge in [-0.2, -0.15) is 31.4 Å². The fourth-order valence-corrected chi connectivity index (χ4v) is 4.89. The molecule has 1 aliphatic carbocycles. The molecule has 33 heavy (non-hydrogen) atoms. The molecule has 1 aromatic carbocycles. The van der Waals surface area contributed by atoms with E-state index in [1.54, 1.807) is 0 Å². The number of carbonyl (C=O) groups excluding carboxylic acids is 1. The Kier molecular flexibility index (Phi) is 6.80. The number of sulfonamides is 1. The maximum Gasteiger partial charge on any atom is 0.416 e. The van der Waals surface area contributed by atoms with E-state index in [-0.39, 0.29) is 37.6 Å². The van der Waals surface area contributed by atoms with E-state index in [0.29, 0.717) is 24.1 Å². The zero-order valence-corrected chi connectivity index (χ0v) is 17.9. The molecular formula is C19H19F6N3O4S. The summed E-state index contributed by atoms with van der Waals surface area (Å²) in [5.74, 6) is -0.475. The van der Waals surface area contributed by atoms with E-state index < -0.39 is 50.4 Å². The first-order valence-electron chi connectivity index (χ1n) is 9.65. The summed E-state index contributed by atoms with van der Waals surface area (Å²) in [7, 11) is -3.52. The molecule has 7 nitrogen and oxygen atoms in total. The molecule has 0 fully saturated rings. The van der Waals surface area contributed by atoms with Gasteiger partial charge in [0.25, 0.3) is 0 Å². The highest BCUT2D eigenvalue weighted by Gasteiger charge is 2.39. The van der Waals surface area contributed by atoms with E-state index in [4.69, 9.17) is 0 Å². The van der Waals surface area contributed by atoms with Crippen LogP contribution in [0.1, 0.15) is 47.7 Å². The lowest BCUT2D eigenvalue weighted by Crippen LogP contribution is -2.31. The molecule has 1 heterocycles. The van der Waals surface area contributed by atoms with E-state index >= 15 is 0 Å². The number of benzene rings is 1. The van der Waals surface area contributed by atoms with Crippen molar-refractivity contribution >= 4 is 16.0 Å². The van der Waals surface area contributed by atoms with Crippen molar-refractivity contribution in [2.45, 2.75) is 55.5 Å². The number of esters is 1. The fraction of sp³-hybridized carbons (Fsp3) is 0.474. The van der Waals surface area contributed by atoms with E-state index in [2.05, 4.69) is 14.6 Å². The van der Waals surface area contributed by atoms with Crippen molar-refractivity contribution in [2.24, 2.45) is 0 Å². The number of methoxy groups -OCH3 is 1. The zero-order chi connectivity index (χ0) is 24.6. The quantitative estimate of drug-likeness (QED) is 0.482. The minimum atomic E-state index is -5.18. The van der Waals surface area contributed by atoms with Crippen LogP contribution in [-0.4, -0.2) is 31.3 Å². The summed E-state index contributed by atoms with van der Waals surface area (Å²) in [5, 5.41) is 4.13. The molecule has 3 rings (SSSR count). The van der Waals surface area contributed by atoms with E-state index in [0.717, 1.165) is 0 Å². The summed E-state index contributed by atoms with van der Waals surface area (Å²) in [6.45, 7) is 0.171. The minimum absolute atomic E-state index is 0.0193. The summed E-state index contributed by atoms with van der Waals surface area (Å²) in [5.41, 5.74) is -2.38. The van der Waals surface area contributed by atoms with Crippen LogP contribution in [0, 0.1) is 0 Å². The molecule has 14 heteroatoms. The van der Waals surface area contributed by atoms with Crippen molar-refractivity contribution in [3.63, 3.8) is 0 Å². The van der Waals surface area contributed by atoms with Gasteiger partial charge in [0.05, 0.1) is 48.3 Å². The van der Waals surface area contributed by atoms with Crippen molar-refractivity contribution in [1.29, 1.82) is 0 Å². The number of nitrogens with zero attached hydrogens (tertiary/aromatic N) is 2. The van der Waals surface area contributed by atoms with E-state index in [1.165, 1.54) is 18.0 Å². The van der Waals surface area contributed by atoms with Gasteiger partial charge in [-0.05, 0) is 37.5 Å². The number of nitrogens with one attached hydrogen (secondary N) is 1.